The van der Waals surface area contributed by atoms with Crippen LogP contribution in [0.4, 0.5) is 22.0 Å². The second kappa shape index (κ2) is 6.39. The molecule has 0 saturated heterocycles. The number of alkyl halides is 5. The highest BCUT2D eigenvalue weighted by atomic mass is 19.4. The highest BCUT2D eigenvalue weighted by Crippen LogP contribution is 2.43. The SMILES string of the molecule is CCOc1ccccc1C(CC(F)(F)C(F)(F)F)OC. The predicted octanol–water partition coefficient (Wildman–Crippen LogP) is 4.36. The maximum atomic E-state index is 13.1. The van der Waals surface area contributed by atoms with Gasteiger partial charge in [-0.25, -0.2) is 0 Å². The van der Waals surface area contributed by atoms with Crippen molar-refractivity contribution in [1.29, 1.82) is 0 Å². The van der Waals surface area contributed by atoms with Crippen molar-refractivity contribution in [3.05, 3.63) is 29.8 Å². The molecule has 1 rings (SSSR count). The molecule has 0 aromatic heterocycles. The van der Waals surface area contributed by atoms with Crippen LogP contribution in [0.25, 0.3) is 0 Å². The number of ether oxygens (including phenoxy) is 2. The Morgan fingerprint density at radius 2 is 1.70 bits per heavy atom. The summed E-state index contributed by atoms with van der Waals surface area (Å²) in [7, 11) is 1.08. The average Bonchev–Trinajstić information content (AvgIpc) is 2.36. The fraction of sp³-hybridized carbons (Fsp3) is 0.538. The molecular weight excluding hydrogens is 283 g/mol. The van der Waals surface area contributed by atoms with Crippen LogP contribution in [0.2, 0.25) is 0 Å². The van der Waals surface area contributed by atoms with Crippen molar-refractivity contribution in [3.63, 3.8) is 0 Å². The summed E-state index contributed by atoms with van der Waals surface area (Å²) in [5.41, 5.74) is 0.167. The third-order valence-electron chi connectivity index (χ3n) is 2.71. The number of halogens is 5. The Kier molecular flexibility index (Phi) is 5.33. The largest absolute Gasteiger partial charge is 0.493 e. The molecule has 0 aliphatic carbocycles. The van der Waals surface area contributed by atoms with E-state index < -0.39 is 24.6 Å². The minimum absolute atomic E-state index is 0.167. The van der Waals surface area contributed by atoms with Gasteiger partial charge in [-0.1, -0.05) is 18.2 Å². The van der Waals surface area contributed by atoms with E-state index in [2.05, 4.69) is 0 Å². The lowest BCUT2D eigenvalue weighted by atomic mass is 10.0. The van der Waals surface area contributed by atoms with E-state index in [9.17, 15) is 22.0 Å². The van der Waals surface area contributed by atoms with Gasteiger partial charge in [0, 0.05) is 12.7 Å². The maximum Gasteiger partial charge on any atom is 0.453 e. The van der Waals surface area contributed by atoms with E-state index in [4.69, 9.17) is 9.47 Å². The quantitative estimate of drug-likeness (QED) is 0.726. The monoisotopic (exact) mass is 298 g/mol. The number of methoxy groups -OCH3 is 1. The molecule has 0 heterocycles. The van der Waals surface area contributed by atoms with Crippen LogP contribution in [0.1, 0.15) is 25.0 Å². The van der Waals surface area contributed by atoms with Gasteiger partial charge in [0.15, 0.2) is 0 Å². The van der Waals surface area contributed by atoms with E-state index in [0.717, 1.165) is 7.11 Å². The van der Waals surface area contributed by atoms with Gasteiger partial charge >= 0.3 is 12.1 Å². The van der Waals surface area contributed by atoms with Gasteiger partial charge in [0.1, 0.15) is 5.75 Å². The van der Waals surface area contributed by atoms with Crippen molar-refractivity contribution in [3.8, 4) is 5.75 Å². The van der Waals surface area contributed by atoms with Crippen LogP contribution in [0.5, 0.6) is 5.75 Å². The number of para-hydroxylation sites is 1. The van der Waals surface area contributed by atoms with Gasteiger partial charge in [0.2, 0.25) is 0 Å². The molecule has 7 heteroatoms. The molecular formula is C13H15F5O2. The van der Waals surface area contributed by atoms with Crippen LogP contribution < -0.4 is 4.74 Å². The maximum absolute atomic E-state index is 13.1. The van der Waals surface area contributed by atoms with E-state index in [-0.39, 0.29) is 17.9 Å². The summed E-state index contributed by atoms with van der Waals surface area (Å²) >= 11 is 0. The van der Waals surface area contributed by atoms with Crippen molar-refractivity contribution < 1.29 is 31.4 Å². The summed E-state index contributed by atoms with van der Waals surface area (Å²) in [4.78, 5) is 0. The molecule has 1 atom stereocenters. The minimum atomic E-state index is -5.61. The van der Waals surface area contributed by atoms with Crippen LogP contribution in [-0.4, -0.2) is 25.8 Å². The summed E-state index contributed by atoms with van der Waals surface area (Å²) < 4.78 is 73.0. The zero-order valence-corrected chi connectivity index (χ0v) is 11.0. The smallest absolute Gasteiger partial charge is 0.453 e. The van der Waals surface area contributed by atoms with E-state index in [1.54, 1.807) is 13.0 Å². The number of benzene rings is 1. The Labute approximate surface area is 113 Å². The van der Waals surface area contributed by atoms with E-state index in [0.29, 0.717) is 0 Å². The molecule has 0 amide bonds. The highest BCUT2D eigenvalue weighted by molar-refractivity contribution is 5.35. The topological polar surface area (TPSA) is 18.5 Å². The summed E-state index contributed by atoms with van der Waals surface area (Å²) in [5, 5.41) is 0. The zero-order valence-electron chi connectivity index (χ0n) is 11.0. The summed E-state index contributed by atoms with van der Waals surface area (Å²) in [6.45, 7) is 1.95. The molecule has 1 aromatic carbocycles. The van der Waals surface area contributed by atoms with Gasteiger partial charge in [0.25, 0.3) is 0 Å². The van der Waals surface area contributed by atoms with E-state index >= 15 is 0 Å². The first kappa shape index (κ1) is 16.7. The first-order valence-electron chi connectivity index (χ1n) is 5.92. The number of hydrogen-bond donors (Lipinski definition) is 0. The van der Waals surface area contributed by atoms with Crippen LogP contribution in [0, 0.1) is 0 Å². The van der Waals surface area contributed by atoms with Crippen LogP contribution in [0.15, 0.2) is 24.3 Å². The molecule has 114 valence electrons. The first-order chi connectivity index (χ1) is 9.23. The number of hydrogen-bond acceptors (Lipinski definition) is 2. The fourth-order valence-electron chi connectivity index (χ4n) is 1.70. The molecule has 1 aromatic rings. The lowest BCUT2D eigenvalue weighted by molar-refractivity contribution is -0.291. The van der Waals surface area contributed by atoms with Crippen LogP contribution >= 0.6 is 0 Å². The first-order valence-corrected chi connectivity index (χ1v) is 5.92. The average molecular weight is 298 g/mol. The molecule has 0 fully saturated rings. The standard InChI is InChI=1S/C13H15F5O2/c1-3-20-10-7-5-4-6-9(10)11(19-2)8-12(14,15)13(16,17)18/h4-7,11H,3,8H2,1-2H3. The third-order valence-corrected chi connectivity index (χ3v) is 2.71. The molecule has 0 aliphatic heterocycles. The molecule has 0 radical (unpaired) electrons. The summed E-state index contributed by atoms with van der Waals surface area (Å²) in [6, 6.07) is 6.03. The van der Waals surface area contributed by atoms with E-state index in [1.807, 2.05) is 0 Å². The van der Waals surface area contributed by atoms with Crippen LogP contribution in [-0.2, 0) is 4.74 Å². The van der Waals surface area contributed by atoms with Gasteiger partial charge in [-0.05, 0) is 13.0 Å². The minimum Gasteiger partial charge on any atom is -0.493 e. The van der Waals surface area contributed by atoms with Crippen molar-refractivity contribution in [2.24, 2.45) is 0 Å². The predicted molar refractivity (Wildman–Crippen MR) is 63.0 cm³/mol. The summed E-state index contributed by atoms with van der Waals surface area (Å²) in [5.74, 6) is -4.59. The fourth-order valence-corrected chi connectivity index (χ4v) is 1.70. The molecule has 0 spiro atoms. The highest BCUT2D eigenvalue weighted by Gasteiger charge is 2.58. The molecule has 0 saturated carbocycles. The van der Waals surface area contributed by atoms with Gasteiger partial charge in [-0.15, -0.1) is 0 Å². The molecule has 0 bridgehead atoms. The lowest BCUT2D eigenvalue weighted by Crippen LogP contribution is -2.38. The zero-order chi connectivity index (χ0) is 15.4. The Morgan fingerprint density at radius 1 is 1.10 bits per heavy atom. The Morgan fingerprint density at radius 3 is 2.20 bits per heavy atom. The molecule has 2 nitrogen and oxygen atoms in total. The number of rotatable bonds is 6. The lowest BCUT2D eigenvalue weighted by Gasteiger charge is -2.25. The van der Waals surface area contributed by atoms with Crippen molar-refractivity contribution >= 4 is 0 Å². The second-order valence-electron chi connectivity index (χ2n) is 4.10. The normalized spacial score (nSPS) is 14.2. The van der Waals surface area contributed by atoms with Gasteiger partial charge < -0.3 is 9.47 Å². The Hall–Kier alpha value is -1.37. The van der Waals surface area contributed by atoms with Crippen molar-refractivity contribution in [2.75, 3.05) is 13.7 Å². The van der Waals surface area contributed by atoms with Crippen molar-refractivity contribution in [1.82, 2.24) is 0 Å². The Balaban J connectivity index is 3.03. The molecule has 0 N–H and O–H groups in total. The second-order valence-corrected chi connectivity index (χ2v) is 4.10. The molecule has 1 unspecified atom stereocenters. The molecule has 0 aliphatic rings. The molecule has 20 heavy (non-hydrogen) atoms. The van der Waals surface area contributed by atoms with Gasteiger partial charge in [0.05, 0.1) is 19.1 Å². The summed E-state index contributed by atoms with van der Waals surface area (Å²) in [6.07, 6.45) is -8.50. The van der Waals surface area contributed by atoms with Gasteiger partial charge in [-0.2, -0.15) is 22.0 Å². The van der Waals surface area contributed by atoms with Crippen molar-refractivity contribution in [2.45, 2.75) is 31.5 Å². The third kappa shape index (κ3) is 3.82. The van der Waals surface area contributed by atoms with E-state index in [1.165, 1.54) is 18.2 Å². The van der Waals surface area contributed by atoms with Gasteiger partial charge in [-0.3, -0.25) is 0 Å². The Bertz CT molecular complexity index is 431. The van der Waals surface area contributed by atoms with Crippen LogP contribution in [0.3, 0.4) is 0 Å².